The summed E-state index contributed by atoms with van der Waals surface area (Å²) in [5, 5.41) is 19.1. The Kier molecular flexibility index (Phi) is 6.18. The standard InChI is InChI=1S/C16H24N2O4/c1-13(19)15(20)12-17-8-5-9-18(11-10-17)16(21)22-14-6-3-2-4-7-14/h2-4,6-7,13,15,19-20H,5,8-12H2,1H3/t13-,15+/m0/s1. The third-order valence-corrected chi connectivity index (χ3v) is 3.80. The second-order valence-electron chi connectivity index (χ2n) is 5.63. The maximum atomic E-state index is 12.2. The van der Waals surface area contributed by atoms with Gasteiger partial charge in [-0.25, -0.2) is 4.79 Å². The van der Waals surface area contributed by atoms with E-state index < -0.39 is 12.2 Å². The van der Waals surface area contributed by atoms with E-state index in [1.807, 2.05) is 18.2 Å². The molecular formula is C16H24N2O4. The Morgan fingerprint density at radius 1 is 1.18 bits per heavy atom. The van der Waals surface area contributed by atoms with Crippen molar-refractivity contribution in [1.82, 2.24) is 9.80 Å². The minimum Gasteiger partial charge on any atom is -0.410 e. The van der Waals surface area contributed by atoms with Gasteiger partial charge in [0.25, 0.3) is 0 Å². The van der Waals surface area contributed by atoms with Crippen molar-refractivity contribution in [2.24, 2.45) is 0 Å². The number of hydrogen-bond acceptors (Lipinski definition) is 5. The highest BCUT2D eigenvalue weighted by Gasteiger charge is 2.23. The molecule has 0 aromatic heterocycles. The van der Waals surface area contributed by atoms with Gasteiger partial charge in [0.05, 0.1) is 12.2 Å². The molecule has 1 heterocycles. The third kappa shape index (κ3) is 4.98. The zero-order valence-electron chi connectivity index (χ0n) is 12.9. The molecule has 6 heteroatoms. The van der Waals surface area contributed by atoms with Gasteiger partial charge in [-0.1, -0.05) is 18.2 Å². The molecule has 2 N–H and O–H groups in total. The van der Waals surface area contributed by atoms with Crippen molar-refractivity contribution in [3.05, 3.63) is 30.3 Å². The molecule has 6 nitrogen and oxygen atoms in total. The predicted octanol–water partition coefficient (Wildman–Crippen LogP) is 0.935. The second-order valence-corrected chi connectivity index (χ2v) is 5.63. The highest BCUT2D eigenvalue weighted by molar-refractivity contribution is 5.70. The molecule has 1 fully saturated rings. The van der Waals surface area contributed by atoms with Crippen molar-refractivity contribution in [3.8, 4) is 5.75 Å². The maximum absolute atomic E-state index is 12.2. The van der Waals surface area contributed by atoms with Gasteiger partial charge in [-0.05, 0) is 25.5 Å². The first kappa shape index (κ1) is 16.7. The molecule has 22 heavy (non-hydrogen) atoms. The van der Waals surface area contributed by atoms with Crippen LogP contribution in [0.1, 0.15) is 13.3 Å². The number of para-hydroxylation sites is 1. The van der Waals surface area contributed by atoms with Crippen LogP contribution in [0, 0.1) is 0 Å². The summed E-state index contributed by atoms with van der Waals surface area (Å²) in [6.07, 6.45) is -1.04. The molecule has 0 unspecified atom stereocenters. The van der Waals surface area contributed by atoms with E-state index in [0.717, 1.165) is 13.0 Å². The number of aliphatic hydroxyl groups is 2. The quantitative estimate of drug-likeness (QED) is 0.866. The Balaban J connectivity index is 1.83. The topological polar surface area (TPSA) is 73.2 Å². The lowest BCUT2D eigenvalue weighted by molar-refractivity contribution is 0.00845. The van der Waals surface area contributed by atoms with Gasteiger partial charge in [-0.2, -0.15) is 0 Å². The van der Waals surface area contributed by atoms with Crippen LogP contribution >= 0.6 is 0 Å². The van der Waals surface area contributed by atoms with Crippen LogP contribution in [-0.4, -0.2) is 71.0 Å². The molecule has 1 amide bonds. The molecule has 0 radical (unpaired) electrons. The van der Waals surface area contributed by atoms with Crippen LogP contribution in [0.25, 0.3) is 0 Å². The number of carbonyl (C=O) groups is 1. The summed E-state index contributed by atoms with van der Waals surface area (Å²) in [6, 6.07) is 9.02. The molecular weight excluding hydrogens is 284 g/mol. The number of hydrogen-bond donors (Lipinski definition) is 2. The number of ether oxygens (including phenoxy) is 1. The van der Waals surface area contributed by atoms with E-state index >= 15 is 0 Å². The number of rotatable bonds is 4. The minimum absolute atomic E-state index is 0.343. The number of nitrogens with zero attached hydrogens (tertiary/aromatic N) is 2. The van der Waals surface area contributed by atoms with Crippen LogP contribution in [0.4, 0.5) is 4.79 Å². The number of carbonyl (C=O) groups excluding carboxylic acids is 1. The third-order valence-electron chi connectivity index (χ3n) is 3.80. The molecule has 0 saturated carbocycles. The lowest BCUT2D eigenvalue weighted by Gasteiger charge is -2.24. The molecule has 1 saturated heterocycles. The van der Waals surface area contributed by atoms with Gasteiger partial charge >= 0.3 is 6.09 Å². The highest BCUT2D eigenvalue weighted by Crippen LogP contribution is 2.12. The van der Waals surface area contributed by atoms with Gasteiger partial charge in [0, 0.05) is 32.7 Å². The first-order valence-electron chi connectivity index (χ1n) is 7.66. The summed E-state index contributed by atoms with van der Waals surface area (Å²) >= 11 is 0. The molecule has 1 aliphatic rings. The van der Waals surface area contributed by atoms with E-state index in [1.54, 1.807) is 24.0 Å². The van der Waals surface area contributed by atoms with Crippen molar-refractivity contribution in [2.75, 3.05) is 32.7 Å². The number of benzene rings is 1. The lowest BCUT2D eigenvalue weighted by atomic mass is 10.2. The van der Waals surface area contributed by atoms with E-state index in [9.17, 15) is 15.0 Å². The highest BCUT2D eigenvalue weighted by atomic mass is 16.6. The molecule has 122 valence electrons. The van der Waals surface area contributed by atoms with Crippen LogP contribution in [-0.2, 0) is 0 Å². The molecule has 0 aliphatic carbocycles. The largest absolute Gasteiger partial charge is 0.415 e. The number of β-amino-alcohol motifs (C(OH)–C–C–N with tert-alkyl or cyclic N) is 1. The molecule has 0 bridgehead atoms. The Labute approximate surface area is 130 Å². The van der Waals surface area contributed by atoms with Gasteiger partial charge in [0.15, 0.2) is 0 Å². The van der Waals surface area contributed by atoms with E-state index in [-0.39, 0.29) is 6.09 Å². The molecule has 1 aromatic rings. The summed E-state index contributed by atoms with van der Waals surface area (Å²) in [6.45, 7) is 4.63. The number of amides is 1. The Morgan fingerprint density at radius 3 is 2.59 bits per heavy atom. The normalized spacial score (nSPS) is 19.3. The van der Waals surface area contributed by atoms with Gasteiger partial charge in [-0.15, -0.1) is 0 Å². The van der Waals surface area contributed by atoms with Gasteiger partial charge < -0.3 is 19.8 Å². The summed E-state index contributed by atoms with van der Waals surface area (Å²) in [7, 11) is 0. The summed E-state index contributed by atoms with van der Waals surface area (Å²) < 4.78 is 5.34. The fourth-order valence-corrected chi connectivity index (χ4v) is 2.41. The smallest absolute Gasteiger partial charge is 0.410 e. The van der Waals surface area contributed by atoms with Crippen molar-refractivity contribution >= 4 is 6.09 Å². The Hall–Kier alpha value is -1.63. The van der Waals surface area contributed by atoms with E-state index in [2.05, 4.69) is 4.90 Å². The van der Waals surface area contributed by atoms with E-state index in [4.69, 9.17) is 4.74 Å². The van der Waals surface area contributed by atoms with Crippen LogP contribution in [0.5, 0.6) is 5.75 Å². The second kappa shape index (κ2) is 8.12. The van der Waals surface area contributed by atoms with E-state index in [0.29, 0.717) is 31.9 Å². The molecule has 2 atom stereocenters. The fourth-order valence-electron chi connectivity index (χ4n) is 2.41. The SMILES string of the molecule is C[C@H](O)[C@H](O)CN1CCCN(C(=O)Oc2ccccc2)CC1. The Bertz CT molecular complexity index is 466. The summed E-state index contributed by atoms with van der Waals surface area (Å²) in [5.41, 5.74) is 0. The lowest BCUT2D eigenvalue weighted by Crippen LogP contribution is -2.41. The zero-order valence-corrected chi connectivity index (χ0v) is 12.9. The molecule has 1 aliphatic heterocycles. The van der Waals surface area contributed by atoms with Gasteiger partial charge in [0.2, 0.25) is 0 Å². The average molecular weight is 308 g/mol. The average Bonchev–Trinajstić information content (AvgIpc) is 2.74. The van der Waals surface area contributed by atoms with Crippen molar-refractivity contribution in [1.29, 1.82) is 0 Å². The molecule has 2 rings (SSSR count). The van der Waals surface area contributed by atoms with Crippen molar-refractivity contribution in [3.63, 3.8) is 0 Å². The minimum atomic E-state index is -0.761. The summed E-state index contributed by atoms with van der Waals surface area (Å²) in [4.78, 5) is 15.9. The summed E-state index contributed by atoms with van der Waals surface area (Å²) in [5.74, 6) is 0.540. The van der Waals surface area contributed by atoms with Gasteiger partial charge in [-0.3, -0.25) is 4.90 Å². The number of aliphatic hydroxyl groups excluding tert-OH is 2. The maximum Gasteiger partial charge on any atom is 0.415 e. The van der Waals surface area contributed by atoms with Crippen molar-refractivity contribution < 1.29 is 19.7 Å². The van der Waals surface area contributed by atoms with Crippen LogP contribution < -0.4 is 4.74 Å². The monoisotopic (exact) mass is 308 g/mol. The molecule has 1 aromatic carbocycles. The first-order chi connectivity index (χ1) is 10.6. The van der Waals surface area contributed by atoms with Crippen molar-refractivity contribution in [2.45, 2.75) is 25.6 Å². The zero-order chi connectivity index (χ0) is 15.9. The van der Waals surface area contributed by atoms with Crippen LogP contribution in [0.2, 0.25) is 0 Å². The fraction of sp³-hybridized carbons (Fsp3) is 0.562. The van der Waals surface area contributed by atoms with Gasteiger partial charge in [0.1, 0.15) is 5.75 Å². The van der Waals surface area contributed by atoms with Crippen LogP contribution in [0.3, 0.4) is 0 Å². The van der Waals surface area contributed by atoms with E-state index in [1.165, 1.54) is 0 Å². The Morgan fingerprint density at radius 2 is 1.91 bits per heavy atom. The van der Waals surface area contributed by atoms with Crippen LogP contribution in [0.15, 0.2) is 30.3 Å². The first-order valence-corrected chi connectivity index (χ1v) is 7.66. The predicted molar refractivity (Wildman–Crippen MR) is 82.8 cm³/mol. The molecule has 0 spiro atoms.